The monoisotopic (exact) mass is 275 g/mol. The van der Waals surface area contributed by atoms with Crippen molar-refractivity contribution in [2.24, 2.45) is 17.6 Å². The van der Waals surface area contributed by atoms with Gasteiger partial charge in [0.2, 0.25) is 0 Å². The van der Waals surface area contributed by atoms with Crippen LogP contribution >= 0.6 is 0 Å². The minimum atomic E-state index is 0.440. The van der Waals surface area contributed by atoms with Gasteiger partial charge in [-0.05, 0) is 48.8 Å². The minimum Gasteiger partial charge on any atom is -0.353 e. The first-order valence-corrected chi connectivity index (χ1v) is 7.90. The predicted molar refractivity (Wildman–Crippen MR) is 86.0 cm³/mol. The molecule has 0 saturated carbocycles. The number of nitrogens with two attached hydrogens (primary N) is 1. The van der Waals surface area contributed by atoms with E-state index in [0.717, 1.165) is 24.0 Å². The van der Waals surface area contributed by atoms with Crippen LogP contribution in [0.3, 0.4) is 0 Å². The molecule has 0 aliphatic carbocycles. The first kappa shape index (κ1) is 15.3. The lowest BCUT2D eigenvalue weighted by atomic mass is 9.86. The Balaban J connectivity index is 2.37. The summed E-state index contributed by atoms with van der Waals surface area (Å²) in [5.74, 6) is 2.99. The molecule has 2 N–H and O–H groups in total. The summed E-state index contributed by atoms with van der Waals surface area (Å²) in [6.07, 6.45) is 1.31. The van der Waals surface area contributed by atoms with Gasteiger partial charge in [0, 0.05) is 24.8 Å². The van der Waals surface area contributed by atoms with Crippen LogP contribution in [-0.4, -0.2) is 17.6 Å². The molecule has 2 heterocycles. The SMILES string of the molecule is CC1CC(C)C(C)N(c2cc(CN)cc(C(C)C)n2)C1. The molecule has 1 aliphatic rings. The second-order valence-electron chi connectivity index (χ2n) is 6.83. The summed E-state index contributed by atoms with van der Waals surface area (Å²) >= 11 is 0. The van der Waals surface area contributed by atoms with Crippen molar-refractivity contribution in [1.29, 1.82) is 0 Å². The van der Waals surface area contributed by atoms with Gasteiger partial charge in [-0.2, -0.15) is 0 Å². The average molecular weight is 275 g/mol. The predicted octanol–water partition coefficient (Wildman–Crippen LogP) is 3.53. The van der Waals surface area contributed by atoms with E-state index in [1.807, 2.05) is 0 Å². The van der Waals surface area contributed by atoms with Gasteiger partial charge in [-0.15, -0.1) is 0 Å². The molecule has 3 nitrogen and oxygen atoms in total. The van der Waals surface area contributed by atoms with E-state index in [0.29, 0.717) is 24.4 Å². The minimum absolute atomic E-state index is 0.440. The summed E-state index contributed by atoms with van der Waals surface area (Å²) < 4.78 is 0. The van der Waals surface area contributed by atoms with E-state index in [2.05, 4.69) is 51.7 Å². The summed E-state index contributed by atoms with van der Waals surface area (Å²) in [5.41, 5.74) is 8.21. The Hall–Kier alpha value is -1.09. The standard InChI is InChI=1S/C17H29N3/c1-11(2)16-7-15(9-18)8-17(19-16)20-10-12(3)6-13(4)14(20)5/h7-8,11-14H,6,9-10,18H2,1-5H3. The Morgan fingerprint density at radius 2 is 2.00 bits per heavy atom. The fourth-order valence-corrected chi connectivity index (χ4v) is 3.17. The zero-order valence-corrected chi connectivity index (χ0v) is 13.6. The second-order valence-corrected chi connectivity index (χ2v) is 6.83. The van der Waals surface area contributed by atoms with Gasteiger partial charge in [-0.1, -0.05) is 27.7 Å². The molecule has 3 atom stereocenters. The summed E-state index contributed by atoms with van der Waals surface area (Å²) in [6.45, 7) is 13.1. The molecule has 1 saturated heterocycles. The smallest absolute Gasteiger partial charge is 0.129 e. The third kappa shape index (κ3) is 3.14. The van der Waals surface area contributed by atoms with Gasteiger partial charge in [0.1, 0.15) is 5.82 Å². The van der Waals surface area contributed by atoms with Crippen LogP contribution in [-0.2, 0) is 6.54 Å². The van der Waals surface area contributed by atoms with E-state index in [9.17, 15) is 0 Å². The van der Waals surface area contributed by atoms with Crippen molar-refractivity contribution >= 4 is 5.82 Å². The highest BCUT2D eigenvalue weighted by Crippen LogP contribution is 2.31. The molecule has 20 heavy (non-hydrogen) atoms. The molecule has 1 aliphatic heterocycles. The Morgan fingerprint density at radius 3 is 2.60 bits per heavy atom. The first-order chi connectivity index (χ1) is 9.42. The molecule has 1 fully saturated rings. The fraction of sp³-hybridized carbons (Fsp3) is 0.706. The number of aromatic nitrogens is 1. The number of hydrogen-bond acceptors (Lipinski definition) is 3. The van der Waals surface area contributed by atoms with Gasteiger partial charge in [0.15, 0.2) is 0 Å². The molecule has 0 bridgehead atoms. The van der Waals surface area contributed by atoms with E-state index in [1.54, 1.807) is 0 Å². The van der Waals surface area contributed by atoms with Crippen molar-refractivity contribution in [2.45, 2.75) is 59.5 Å². The third-order valence-electron chi connectivity index (χ3n) is 4.61. The molecule has 0 radical (unpaired) electrons. The topological polar surface area (TPSA) is 42.1 Å². The van der Waals surface area contributed by atoms with E-state index in [-0.39, 0.29) is 0 Å². The molecule has 1 aromatic rings. The lowest BCUT2D eigenvalue weighted by Gasteiger charge is -2.42. The molecule has 0 spiro atoms. The number of piperidine rings is 1. The molecule has 0 amide bonds. The van der Waals surface area contributed by atoms with Crippen LogP contribution < -0.4 is 10.6 Å². The molecular formula is C17H29N3. The molecule has 3 heteroatoms. The highest BCUT2D eigenvalue weighted by atomic mass is 15.2. The molecule has 112 valence electrons. The number of pyridine rings is 1. The summed E-state index contributed by atoms with van der Waals surface area (Å²) in [6, 6.07) is 4.87. The Bertz CT molecular complexity index is 456. The number of anilines is 1. The molecule has 0 aromatic carbocycles. The van der Waals surface area contributed by atoms with Gasteiger partial charge in [0.05, 0.1) is 0 Å². The quantitative estimate of drug-likeness (QED) is 0.917. The van der Waals surface area contributed by atoms with Crippen LogP contribution in [0.5, 0.6) is 0 Å². The molecular weight excluding hydrogens is 246 g/mol. The van der Waals surface area contributed by atoms with Crippen LogP contribution in [0.1, 0.15) is 58.2 Å². The average Bonchev–Trinajstić information content (AvgIpc) is 2.42. The Kier molecular flexibility index (Phi) is 4.69. The highest BCUT2D eigenvalue weighted by Gasteiger charge is 2.29. The van der Waals surface area contributed by atoms with Crippen molar-refractivity contribution in [3.8, 4) is 0 Å². The maximum absolute atomic E-state index is 5.86. The van der Waals surface area contributed by atoms with Gasteiger partial charge >= 0.3 is 0 Å². The van der Waals surface area contributed by atoms with Crippen LogP contribution in [0, 0.1) is 11.8 Å². The van der Waals surface area contributed by atoms with Crippen LogP contribution in [0.2, 0.25) is 0 Å². The van der Waals surface area contributed by atoms with Crippen molar-refractivity contribution in [3.05, 3.63) is 23.4 Å². The maximum Gasteiger partial charge on any atom is 0.129 e. The van der Waals surface area contributed by atoms with E-state index < -0.39 is 0 Å². The van der Waals surface area contributed by atoms with Crippen molar-refractivity contribution in [1.82, 2.24) is 4.98 Å². The van der Waals surface area contributed by atoms with Crippen LogP contribution in [0.15, 0.2) is 12.1 Å². The normalized spacial score (nSPS) is 27.1. The largest absolute Gasteiger partial charge is 0.353 e. The van der Waals surface area contributed by atoms with Crippen molar-refractivity contribution in [3.63, 3.8) is 0 Å². The van der Waals surface area contributed by atoms with Gasteiger partial charge in [-0.3, -0.25) is 0 Å². The Labute approximate surface area is 123 Å². The van der Waals surface area contributed by atoms with Gasteiger partial charge in [-0.25, -0.2) is 4.98 Å². The molecule has 2 rings (SSSR count). The molecule has 3 unspecified atom stereocenters. The summed E-state index contributed by atoms with van der Waals surface area (Å²) in [5, 5.41) is 0. The Morgan fingerprint density at radius 1 is 1.30 bits per heavy atom. The van der Waals surface area contributed by atoms with Crippen molar-refractivity contribution < 1.29 is 0 Å². The maximum atomic E-state index is 5.86. The zero-order chi connectivity index (χ0) is 14.9. The lowest BCUT2D eigenvalue weighted by molar-refractivity contribution is 0.295. The highest BCUT2D eigenvalue weighted by molar-refractivity contribution is 5.45. The van der Waals surface area contributed by atoms with Crippen LogP contribution in [0.4, 0.5) is 5.82 Å². The third-order valence-corrected chi connectivity index (χ3v) is 4.61. The number of hydrogen-bond donors (Lipinski definition) is 1. The zero-order valence-electron chi connectivity index (χ0n) is 13.6. The lowest BCUT2D eigenvalue weighted by Crippen LogP contribution is -2.46. The second kappa shape index (κ2) is 6.13. The summed E-state index contributed by atoms with van der Waals surface area (Å²) in [4.78, 5) is 7.37. The van der Waals surface area contributed by atoms with Crippen molar-refractivity contribution in [2.75, 3.05) is 11.4 Å². The number of rotatable bonds is 3. The fourth-order valence-electron chi connectivity index (χ4n) is 3.17. The van der Waals surface area contributed by atoms with E-state index >= 15 is 0 Å². The summed E-state index contributed by atoms with van der Waals surface area (Å²) in [7, 11) is 0. The van der Waals surface area contributed by atoms with Gasteiger partial charge < -0.3 is 10.6 Å². The van der Waals surface area contributed by atoms with E-state index in [4.69, 9.17) is 10.7 Å². The molecule has 1 aromatic heterocycles. The first-order valence-electron chi connectivity index (χ1n) is 7.90. The van der Waals surface area contributed by atoms with Gasteiger partial charge in [0.25, 0.3) is 0 Å². The number of nitrogens with zero attached hydrogens (tertiary/aromatic N) is 2. The van der Waals surface area contributed by atoms with E-state index in [1.165, 1.54) is 12.0 Å². The van der Waals surface area contributed by atoms with Crippen LogP contribution in [0.25, 0.3) is 0 Å².